The van der Waals surface area contributed by atoms with E-state index >= 15 is 0 Å². The van der Waals surface area contributed by atoms with Gasteiger partial charge in [-0.05, 0) is 18.2 Å². The molecule has 5 heteroatoms. The third-order valence-corrected chi connectivity index (χ3v) is 3.37. The van der Waals surface area contributed by atoms with Gasteiger partial charge in [-0.3, -0.25) is 0 Å². The summed E-state index contributed by atoms with van der Waals surface area (Å²) in [5.41, 5.74) is 1.04. The number of carbonyl (C=O) groups excluding carboxylic acids is 2. The Morgan fingerprint density at radius 1 is 0.810 bits per heavy atom. The van der Waals surface area contributed by atoms with E-state index < -0.39 is 11.9 Å². The lowest BCUT2D eigenvalue weighted by molar-refractivity contribution is 0.0383. The average molecular weight is 279 g/mol. The van der Waals surface area contributed by atoms with Gasteiger partial charge in [-0.1, -0.05) is 30.3 Å². The Hall–Kier alpha value is -3.08. The highest BCUT2D eigenvalue weighted by Crippen LogP contribution is 2.27. The van der Waals surface area contributed by atoms with E-state index in [9.17, 15) is 9.59 Å². The first-order valence-electron chi connectivity index (χ1n) is 6.38. The molecule has 1 aromatic heterocycles. The molecule has 0 radical (unpaired) electrons. The smallest absolute Gasteiger partial charge is 0.364 e. The molecule has 2 heterocycles. The number of ether oxygens (including phenoxy) is 1. The van der Waals surface area contributed by atoms with Crippen LogP contribution in [0.3, 0.4) is 0 Å². The van der Waals surface area contributed by atoms with Crippen molar-refractivity contribution in [2.75, 3.05) is 0 Å². The maximum atomic E-state index is 12.3. The van der Waals surface area contributed by atoms with Crippen LogP contribution in [-0.2, 0) is 0 Å². The van der Waals surface area contributed by atoms with Crippen molar-refractivity contribution in [2.45, 2.75) is 0 Å². The second-order valence-electron chi connectivity index (χ2n) is 4.65. The molecule has 0 N–H and O–H groups in total. The summed E-state index contributed by atoms with van der Waals surface area (Å²) in [6.45, 7) is 0. The highest BCUT2D eigenvalue weighted by molar-refractivity contribution is 6.04. The van der Waals surface area contributed by atoms with Crippen molar-refractivity contribution in [1.82, 2.24) is 4.73 Å². The first-order chi connectivity index (χ1) is 10.2. The molecular weight excluding hydrogens is 270 g/mol. The molecular formula is C16H9NO4. The molecule has 0 bridgehead atoms. The maximum Gasteiger partial charge on any atom is 0.364 e. The van der Waals surface area contributed by atoms with Gasteiger partial charge in [-0.15, -0.1) is 4.73 Å². The molecule has 0 unspecified atom stereocenters. The Kier molecular flexibility index (Phi) is 2.35. The van der Waals surface area contributed by atoms with Crippen LogP contribution >= 0.6 is 0 Å². The summed E-state index contributed by atoms with van der Waals surface area (Å²) in [6, 6.07) is 15.4. The first-order valence-corrected chi connectivity index (χ1v) is 6.38. The van der Waals surface area contributed by atoms with Gasteiger partial charge in [0.25, 0.3) is 0 Å². The molecule has 2 aromatic carbocycles. The number of hydrogen-bond donors (Lipinski definition) is 0. The predicted octanol–water partition coefficient (Wildman–Crippen LogP) is 2.44. The van der Waals surface area contributed by atoms with Crippen LogP contribution in [0.5, 0.6) is 5.88 Å². The minimum Gasteiger partial charge on any atom is -0.402 e. The fraction of sp³-hybridized carbons (Fsp3) is 0. The lowest BCUT2D eigenvalue weighted by Crippen LogP contribution is -2.27. The van der Waals surface area contributed by atoms with Crippen LogP contribution in [0.15, 0.2) is 54.6 Å². The average Bonchev–Trinajstić information content (AvgIpc) is 2.83. The second-order valence-corrected chi connectivity index (χ2v) is 4.65. The lowest BCUT2D eigenvalue weighted by Gasteiger charge is -2.15. The number of rotatable bonds is 0. The van der Waals surface area contributed by atoms with Crippen molar-refractivity contribution in [3.8, 4) is 5.88 Å². The van der Waals surface area contributed by atoms with E-state index in [0.29, 0.717) is 5.52 Å². The quantitative estimate of drug-likeness (QED) is 0.593. The largest absolute Gasteiger partial charge is 0.402 e. The Labute approximate surface area is 119 Å². The van der Waals surface area contributed by atoms with Gasteiger partial charge in [0.1, 0.15) is 0 Å². The number of esters is 1. The minimum atomic E-state index is -0.593. The normalized spacial score (nSPS) is 13.7. The summed E-state index contributed by atoms with van der Waals surface area (Å²) >= 11 is 0. The van der Waals surface area contributed by atoms with Gasteiger partial charge in [0.05, 0.1) is 16.6 Å². The molecule has 0 saturated carbocycles. The SMILES string of the molecule is O=C1Oc2cc3ccccc3n2OC(=O)c2ccccc21. The van der Waals surface area contributed by atoms with Gasteiger partial charge in [-0.25, -0.2) is 9.59 Å². The number of aromatic nitrogens is 1. The van der Waals surface area contributed by atoms with Gasteiger partial charge >= 0.3 is 11.9 Å². The van der Waals surface area contributed by atoms with Crippen molar-refractivity contribution in [2.24, 2.45) is 0 Å². The maximum absolute atomic E-state index is 12.3. The first kappa shape index (κ1) is 11.7. The van der Waals surface area contributed by atoms with Crippen LogP contribution in [-0.4, -0.2) is 16.7 Å². The van der Waals surface area contributed by atoms with Gasteiger partial charge in [-0.2, -0.15) is 0 Å². The van der Waals surface area contributed by atoms with Crippen LogP contribution in [0.25, 0.3) is 10.9 Å². The zero-order valence-electron chi connectivity index (χ0n) is 10.8. The molecule has 1 aliphatic heterocycles. The molecule has 0 spiro atoms. The van der Waals surface area contributed by atoms with Crippen LogP contribution in [0.2, 0.25) is 0 Å². The summed E-state index contributed by atoms with van der Waals surface area (Å²) in [6.07, 6.45) is 0. The highest BCUT2D eigenvalue weighted by atomic mass is 16.7. The summed E-state index contributed by atoms with van der Waals surface area (Å²) in [7, 11) is 0. The monoisotopic (exact) mass is 279 g/mol. The fourth-order valence-electron chi connectivity index (χ4n) is 2.39. The Morgan fingerprint density at radius 3 is 2.29 bits per heavy atom. The summed E-state index contributed by atoms with van der Waals surface area (Å²) in [5, 5.41) is 0.819. The highest BCUT2D eigenvalue weighted by Gasteiger charge is 2.26. The molecule has 4 rings (SSSR count). The zero-order chi connectivity index (χ0) is 14.4. The fourth-order valence-corrected chi connectivity index (χ4v) is 2.39. The van der Waals surface area contributed by atoms with Crippen molar-refractivity contribution in [3.63, 3.8) is 0 Å². The van der Waals surface area contributed by atoms with Crippen molar-refractivity contribution >= 4 is 22.8 Å². The minimum absolute atomic E-state index is 0.184. The van der Waals surface area contributed by atoms with Crippen LogP contribution in [0, 0.1) is 0 Å². The van der Waals surface area contributed by atoms with Gasteiger partial charge in [0.15, 0.2) is 0 Å². The molecule has 0 aliphatic carbocycles. The van der Waals surface area contributed by atoms with E-state index in [1.807, 2.05) is 18.2 Å². The van der Waals surface area contributed by atoms with Crippen LogP contribution in [0.4, 0.5) is 0 Å². The topological polar surface area (TPSA) is 57.5 Å². The van der Waals surface area contributed by atoms with Crippen molar-refractivity contribution in [3.05, 3.63) is 65.7 Å². The summed E-state index contributed by atoms with van der Waals surface area (Å²) < 4.78 is 6.58. The van der Waals surface area contributed by atoms with Crippen LogP contribution in [0.1, 0.15) is 20.7 Å². The predicted molar refractivity (Wildman–Crippen MR) is 74.2 cm³/mol. The molecule has 3 aromatic rings. The van der Waals surface area contributed by atoms with E-state index in [-0.39, 0.29) is 17.0 Å². The molecule has 21 heavy (non-hydrogen) atoms. The van der Waals surface area contributed by atoms with Crippen molar-refractivity contribution in [1.29, 1.82) is 0 Å². The van der Waals surface area contributed by atoms with Crippen LogP contribution < -0.4 is 9.57 Å². The summed E-state index contributed by atoms with van der Waals surface area (Å²) in [4.78, 5) is 29.8. The summed E-state index contributed by atoms with van der Waals surface area (Å²) in [5.74, 6) is -0.986. The Balaban J connectivity index is 1.95. The molecule has 102 valence electrons. The van der Waals surface area contributed by atoms with E-state index in [4.69, 9.17) is 9.57 Å². The van der Waals surface area contributed by atoms with E-state index in [0.717, 1.165) is 5.39 Å². The molecule has 0 saturated heterocycles. The van der Waals surface area contributed by atoms with Gasteiger partial charge in [0.2, 0.25) is 5.88 Å². The van der Waals surface area contributed by atoms with E-state index in [2.05, 4.69) is 0 Å². The van der Waals surface area contributed by atoms with E-state index in [1.54, 1.807) is 24.3 Å². The number of benzene rings is 2. The third kappa shape index (κ3) is 1.71. The zero-order valence-corrected chi connectivity index (χ0v) is 10.8. The van der Waals surface area contributed by atoms with Gasteiger partial charge in [0, 0.05) is 11.5 Å². The molecule has 0 fully saturated rings. The Morgan fingerprint density at radius 2 is 1.48 bits per heavy atom. The van der Waals surface area contributed by atoms with Gasteiger partial charge < -0.3 is 9.57 Å². The lowest BCUT2D eigenvalue weighted by atomic mass is 10.1. The number of nitrogens with zero attached hydrogens (tertiary/aromatic N) is 1. The molecule has 5 nitrogen and oxygen atoms in total. The number of para-hydroxylation sites is 1. The van der Waals surface area contributed by atoms with Crippen molar-refractivity contribution < 1.29 is 19.2 Å². The Bertz CT molecular complexity index is 894. The van der Waals surface area contributed by atoms with E-state index in [1.165, 1.54) is 16.9 Å². The number of carbonyl (C=O) groups is 2. The standard InChI is InChI=1S/C16H9NO4/c18-15-11-6-2-3-7-12(11)16(19)21-17-13-8-4-1-5-10(13)9-14(17)20-15/h1-9H. The molecule has 0 atom stereocenters. The second kappa shape index (κ2) is 4.21. The molecule has 1 aliphatic rings. The number of hydrogen-bond acceptors (Lipinski definition) is 4. The third-order valence-electron chi connectivity index (χ3n) is 3.37. The molecule has 0 amide bonds. The number of fused-ring (bicyclic) bond motifs is 4.